The van der Waals surface area contributed by atoms with Gasteiger partial charge in [-0.25, -0.2) is 4.39 Å². The maximum Gasteiger partial charge on any atom is 0.194 e. The molecule has 1 aromatic rings. The van der Waals surface area contributed by atoms with Crippen LogP contribution in [0, 0.1) is 5.82 Å². The summed E-state index contributed by atoms with van der Waals surface area (Å²) in [6.45, 7) is 16.3. The lowest BCUT2D eigenvalue weighted by atomic mass is 10.1. The molecule has 170 valence electrons. The fraction of sp³-hybridized carbons (Fsp3) is 0.682. The first-order chi connectivity index (χ1) is 14.1. The lowest BCUT2D eigenvalue weighted by Gasteiger charge is -2.39. The number of nitrogens with zero attached hydrogens (tertiary/aromatic N) is 4. The van der Waals surface area contributed by atoms with Crippen LogP contribution >= 0.6 is 24.0 Å². The molecule has 2 heterocycles. The number of nitrogens with one attached hydrogen (secondary N) is 1. The SMILES string of the molecule is CCNC(=NCCN1CCN(CC)CC1)N1CC(C)OC(c2ccc(F)cc2)C1.I. The van der Waals surface area contributed by atoms with Crippen LogP contribution in [0.25, 0.3) is 0 Å². The minimum Gasteiger partial charge on any atom is -0.367 e. The van der Waals surface area contributed by atoms with Gasteiger partial charge in [0.15, 0.2) is 5.96 Å². The maximum atomic E-state index is 13.3. The van der Waals surface area contributed by atoms with E-state index in [1.807, 2.05) is 12.1 Å². The minimum atomic E-state index is -0.218. The van der Waals surface area contributed by atoms with Crippen LogP contribution in [0.1, 0.15) is 32.4 Å². The summed E-state index contributed by atoms with van der Waals surface area (Å²) in [4.78, 5) is 12.2. The summed E-state index contributed by atoms with van der Waals surface area (Å²) in [6, 6.07) is 6.63. The molecule has 6 nitrogen and oxygen atoms in total. The molecule has 0 amide bonds. The third kappa shape index (κ3) is 7.32. The van der Waals surface area contributed by atoms with Crippen LogP contribution in [0.4, 0.5) is 4.39 Å². The standard InChI is InChI=1S/C22H36FN5O.HI/c1-4-24-22(25-10-11-27-14-12-26(5-2)13-15-27)28-16-18(3)29-21(17-28)19-6-8-20(23)9-7-19;/h6-9,18,21H,4-5,10-17H2,1-3H3,(H,24,25);1H. The summed E-state index contributed by atoms with van der Waals surface area (Å²) < 4.78 is 19.4. The molecule has 0 spiro atoms. The van der Waals surface area contributed by atoms with E-state index in [-0.39, 0.29) is 42.0 Å². The van der Waals surface area contributed by atoms with Gasteiger partial charge in [0.05, 0.1) is 19.2 Å². The molecule has 2 aliphatic heterocycles. The number of rotatable bonds is 6. The molecule has 0 aromatic heterocycles. The number of likely N-dealkylation sites (N-methyl/N-ethyl adjacent to an activating group) is 1. The Bertz CT molecular complexity index is 651. The van der Waals surface area contributed by atoms with Crippen molar-refractivity contribution in [3.8, 4) is 0 Å². The van der Waals surface area contributed by atoms with Crippen molar-refractivity contribution in [2.75, 3.05) is 65.4 Å². The average Bonchev–Trinajstić information content (AvgIpc) is 2.73. The second-order valence-electron chi connectivity index (χ2n) is 7.90. The topological polar surface area (TPSA) is 43.3 Å². The summed E-state index contributed by atoms with van der Waals surface area (Å²) in [5.74, 6) is 0.728. The van der Waals surface area contributed by atoms with Crippen molar-refractivity contribution in [1.82, 2.24) is 20.0 Å². The molecule has 2 fully saturated rings. The number of hydrogen-bond acceptors (Lipinski definition) is 4. The van der Waals surface area contributed by atoms with E-state index in [2.05, 4.69) is 40.8 Å². The van der Waals surface area contributed by atoms with E-state index >= 15 is 0 Å². The number of aliphatic imine (C=N–C) groups is 1. The smallest absolute Gasteiger partial charge is 0.194 e. The number of morpholine rings is 1. The lowest BCUT2D eigenvalue weighted by molar-refractivity contribution is -0.0605. The number of hydrogen-bond donors (Lipinski definition) is 1. The summed E-state index contributed by atoms with van der Waals surface area (Å²) >= 11 is 0. The Morgan fingerprint density at radius 3 is 2.40 bits per heavy atom. The highest BCUT2D eigenvalue weighted by atomic mass is 127. The third-order valence-electron chi connectivity index (χ3n) is 5.73. The highest BCUT2D eigenvalue weighted by Crippen LogP contribution is 2.25. The van der Waals surface area contributed by atoms with Crippen LogP contribution < -0.4 is 5.32 Å². The Morgan fingerprint density at radius 2 is 1.77 bits per heavy atom. The van der Waals surface area contributed by atoms with Crippen LogP contribution in [0.3, 0.4) is 0 Å². The van der Waals surface area contributed by atoms with Crippen molar-refractivity contribution in [2.24, 2.45) is 4.99 Å². The van der Waals surface area contributed by atoms with Crippen LogP contribution in [-0.4, -0.2) is 92.2 Å². The van der Waals surface area contributed by atoms with Gasteiger partial charge in [-0.05, 0) is 38.1 Å². The van der Waals surface area contributed by atoms with Gasteiger partial charge in [-0.3, -0.25) is 9.89 Å². The van der Waals surface area contributed by atoms with Crippen molar-refractivity contribution in [2.45, 2.75) is 33.0 Å². The highest BCUT2D eigenvalue weighted by molar-refractivity contribution is 14.0. The summed E-state index contributed by atoms with van der Waals surface area (Å²) in [5, 5.41) is 3.44. The summed E-state index contributed by atoms with van der Waals surface area (Å²) in [7, 11) is 0. The zero-order valence-electron chi connectivity index (χ0n) is 18.5. The molecule has 2 saturated heterocycles. The Morgan fingerprint density at radius 1 is 1.10 bits per heavy atom. The van der Waals surface area contributed by atoms with Crippen LogP contribution in [0.2, 0.25) is 0 Å². The Kier molecular flexibility index (Phi) is 10.8. The average molecular weight is 533 g/mol. The van der Waals surface area contributed by atoms with E-state index in [1.54, 1.807) is 0 Å². The molecule has 3 rings (SSSR count). The molecule has 0 aliphatic carbocycles. The first-order valence-electron chi connectivity index (χ1n) is 11.0. The number of piperazine rings is 1. The fourth-order valence-electron chi connectivity index (χ4n) is 4.04. The molecule has 2 unspecified atom stereocenters. The first-order valence-corrected chi connectivity index (χ1v) is 11.0. The number of halogens is 2. The largest absolute Gasteiger partial charge is 0.367 e. The first kappa shape index (κ1) is 25.3. The van der Waals surface area contributed by atoms with Crippen LogP contribution in [0.5, 0.6) is 0 Å². The molecule has 1 aromatic carbocycles. The van der Waals surface area contributed by atoms with Gasteiger partial charge >= 0.3 is 0 Å². The molecule has 0 radical (unpaired) electrons. The Labute approximate surface area is 197 Å². The molecule has 0 saturated carbocycles. The second kappa shape index (κ2) is 12.8. The van der Waals surface area contributed by atoms with Gasteiger partial charge in [-0.15, -0.1) is 24.0 Å². The number of ether oxygens (including phenoxy) is 1. The quantitative estimate of drug-likeness (QED) is 0.346. The minimum absolute atomic E-state index is 0. The summed E-state index contributed by atoms with van der Waals surface area (Å²) in [6.07, 6.45) is 0.00936. The molecule has 2 atom stereocenters. The molecular formula is C22H37FIN5O. The van der Waals surface area contributed by atoms with Crippen LogP contribution in [-0.2, 0) is 4.74 Å². The van der Waals surface area contributed by atoms with Crippen molar-refractivity contribution < 1.29 is 9.13 Å². The molecular weight excluding hydrogens is 496 g/mol. The predicted molar refractivity (Wildman–Crippen MR) is 131 cm³/mol. The van der Waals surface area contributed by atoms with Gasteiger partial charge in [-0.1, -0.05) is 19.1 Å². The molecule has 2 aliphatic rings. The van der Waals surface area contributed by atoms with Crippen LogP contribution in [0.15, 0.2) is 29.3 Å². The highest BCUT2D eigenvalue weighted by Gasteiger charge is 2.28. The maximum absolute atomic E-state index is 13.3. The molecule has 1 N–H and O–H groups in total. The van der Waals surface area contributed by atoms with E-state index in [9.17, 15) is 4.39 Å². The monoisotopic (exact) mass is 533 g/mol. The van der Waals surface area contributed by atoms with Crippen molar-refractivity contribution >= 4 is 29.9 Å². The van der Waals surface area contributed by atoms with E-state index in [0.29, 0.717) is 0 Å². The van der Waals surface area contributed by atoms with E-state index in [4.69, 9.17) is 9.73 Å². The van der Waals surface area contributed by atoms with Gasteiger partial charge < -0.3 is 19.9 Å². The number of guanidine groups is 1. The van der Waals surface area contributed by atoms with Crippen molar-refractivity contribution in [3.05, 3.63) is 35.6 Å². The third-order valence-corrected chi connectivity index (χ3v) is 5.73. The molecule has 30 heavy (non-hydrogen) atoms. The molecule has 0 bridgehead atoms. The van der Waals surface area contributed by atoms with E-state index in [1.165, 1.54) is 12.1 Å². The van der Waals surface area contributed by atoms with Gasteiger partial charge in [0.25, 0.3) is 0 Å². The zero-order valence-corrected chi connectivity index (χ0v) is 20.8. The fourth-order valence-corrected chi connectivity index (χ4v) is 4.04. The lowest BCUT2D eigenvalue weighted by Crippen LogP contribution is -2.51. The second-order valence-corrected chi connectivity index (χ2v) is 7.90. The van der Waals surface area contributed by atoms with E-state index in [0.717, 1.165) is 77.0 Å². The van der Waals surface area contributed by atoms with E-state index < -0.39 is 0 Å². The Balaban J connectivity index is 0.00000320. The van der Waals surface area contributed by atoms with Gasteiger partial charge in [0.1, 0.15) is 11.9 Å². The van der Waals surface area contributed by atoms with Crippen molar-refractivity contribution in [3.63, 3.8) is 0 Å². The normalized spacial score (nSPS) is 23.9. The van der Waals surface area contributed by atoms with Gasteiger partial charge in [0.2, 0.25) is 0 Å². The zero-order chi connectivity index (χ0) is 20.6. The Hall–Kier alpha value is -0.970. The molecule has 8 heteroatoms. The van der Waals surface area contributed by atoms with Gasteiger partial charge in [0, 0.05) is 45.8 Å². The predicted octanol–water partition coefficient (Wildman–Crippen LogP) is 2.81. The number of benzene rings is 1. The van der Waals surface area contributed by atoms with Crippen molar-refractivity contribution in [1.29, 1.82) is 0 Å². The van der Waals surface area contributed by atoms with Gasteiger partial charge in [-0.2, -0.15) is 0 Å². The summed E-state index contributed by atoms with van der Waals surface area (Å²) in [5.41, 5.74) is 1.01.